The van der Waals surface area contributed by atoms with Crippen molar-refractivity contribution in [1.82, 2.24) is 5.32 Å². The van der Waals surface area contributed by atoms with Gasteiger partial charge in [-0.05, 0) is 45.0 Å². The molecule has 0 fully saturated rings. The average molecular weight is 299 g/mol. The first-order valence-electron chi connectivity index (χ1n) is 6.29. The Bertz CT molecular complexity index is 495. The van der Waals surface area contributed by atoms with Crippen LogP contribution in [0.15, 0.2) is 24.3 Å². The van der Waals surface area contributed by atoms with Gasteiger partial charge in [0.05, 0.1) is 6.54 Å². The predicted octanol–water partition coefficient (Wildman–Crippen LogP) is 2.18. The van der Waals surface area contributed by atoms with Crippen molar-refractivity contribution in [2.45, 2.75) is 32.5 Å². The van der Waals surface area contributed by atoms with Crippen molar-refractivity contribution in [3.8, 4) is 5.75 Å². The van der Waals surface area contributed by atoms with E-state index in [1.807, 2.05) is 0 Å². The molecule has 1 amide bonds. The number of amides is 1. The van der Waals surface area contributed by atoms with Gasteiger partial charge in [0.2, 0.25) is 6.10 Å². The lowest BCUT2D eigenvalue weighted by atomic mass is 10.2. The van der Waals surface area contributed by atoms with Gasteiger partial charge < -0.3 is 19.9 Å². The van der Waals surface area contributed by atoms with E-state index < -0.39 is 29.6 Å². The molecule has 0 aliphatic carbocycles. The summed E-state index contributed by atoms with van der Waals surface area (Å²) in [5.74, 6) is -1.52. The summed E-state index contributed by atoms with van der Waals surface area (Å²) in [6.45, 7) is 4.80. The minimum absolute atomic E-state index is 0.190. The van der Waals surface area contributed by atoms with E-state index in [2.05, 4.69) is 5.32 Å². The van der Waals surface area contributed by atoms with E-state index in [0.717, 1.165) is 12.1 Å². The third kappa shape index (κ3) is 6.60. The molecule has 0 bridgehead atoms. The number of nitrogens with one attached hydrogen (secondary N) is 1. The van der Waals surface area contributed by atoms with Crippen molar-refractivity contribution in [3.05, 3.63) is 30.1 Å². The van der Waals surface area contributed by atoms with Gasteiger partial charge in [0.1, 0.15) is 17.2 Å². The van der Waals surface area contributed by atoms with Crippen molar-refractivity contribution >= 4 is 12.1 Å². The molecule has 0 heterocycles. The average Bonchev–Trinajstić information content (AvgIpc) is 2.34. The summed E-state index contributed by atoms with van der Waals surface area (Å²) in [4.78, 5) is 22.5. The number of rotatable bonds is 5. The highest BCUT2D eigenvalue weighted by atomic mass is 19.1. The number of ether oxygens (including phenoxy) is 2. The van der Waals surface area contributed by atoms with E-state index in [4.69, 9.17) is 14.6 Å². The van der Waals surface area contributed by atoms with E-state index in [-0.39, 0.29) is 12.3 Å². The molecule has 1 aromatic carbocycles. The Morgan fingerprint density at radius 3 is 2.33 bits per heavy atom. The van der Waals surface area contributed by atoms with Crippen molar-refractivity contribution < 1.29 is 28.6 Å². The Labute approximate surface area is 121 Å². The van der Waals surface area contributed by atoms with Crippen LogP contribution >= 0.6 is 0 Å². The molecule has 0 spiro atoms. The topological polar surface area (TPSA) is 84.9 Å². The molecule has 0 saturated heterocycles. The summed E-state index contributed by atoms with van der Waals surface area (Å²) in [5.41, 5.74) is -0.680. The maximum Gasteiger partial charge on any atom is 0.407 e. The van der Waals surface area contributed by atoms with Crippen LogP contribution in [0.3, 0.4) is 0 Å². The van der Waals surface area contributed by atoms with Crippen LogP contribution in [-0.2, 0) is 9.53 Å². The monoisotopic (exact) mass is 299 g/mol. The van der Waals surface area contributed by atoms with Gasteiger partial charge in [0, 0.05) is 0 Å². The van der Waals surface area contributed by atoms with Crippen LogP contribution in [0.1, 0.15) is 20.8 Å². The molecule has 0 radical (unpaired) electrons. The first-order chi connectivity index (χ1) is 9.67. The summed E-state index contributed by atoms with van der Waals surface area (Å²) in [6.07, 6.45) is -2.04. The molecule has 6 nitrogen and oxygen atoms in total. The number of carbonyl (C=O) groups excluding carboxylic acids is 1. The summed E-state index contributed by atoms with van der Waals surface area (Å²) in [7, 11) is 0. The zero-order chi connectivity index (χ0) is 16.0. The van der Waals surface area contributed by atoms with Crippen molar-refractivity contribution in [3.63, 3.8) is 0 Å². The smallest absolute Gasteiger partial charge is 0.407 e. The van der Waals surface area contributed by atoms with Gasteiger partial charge in [-0.25, -0.2) is 14.0 Å². The highest BCUT2D eigenvalue weighted by Crippen LogP contribution is 2.13. The zero-order valence-corrected chi connectivity index (χ0v) is 12.1. The molecule has 0 saturated carbocycles. The Morgan fingerprint density at radius 2 is 1.86 bits per heavy atom. The summed E-state index contributed by atoms with van der Waals surface area (Å²) in [5, 5.41) is 11.4. The van der Waals surface area contributed by atoms with Crippen LogP contribution in [0.4, 0.5) is 9.18 Å². The van der Waals surface area contributed by atoms with Crippen LogP contribution in [0, 0.1) is 5.82 Å². The van der Waals surface area contributed by atoms with Crippen LogP contribution in [-0.4, -0.2) is 35.4 Å². The lowest BCUT2D eigenvalue weighted by Gasteiger charge is -2.21. The number of carboxylic acids is 1. The highest BCUT2D eigenvalue weighted by molar-refractivity contribution is 5.75. The van der Waals surface area contributed by atoms with Crippen molar-refractivity contribution in [2.24, 2.45) is 0 Å². The minimum atomic E-state index is -1.30. The number of alkyl carbamates (subject to hydrolysis) is 1. The fraction of sp³-hybridized carbons (Fsp3) is 0.429. The number of carbonyl (C=O) groups is 2. The lowest BCUT2D eigenvalue weighted by molar-refractivity contribution is -0.144. The number of halogens is 1. The molecule has 1 rings (SSSR count). The van der Waals surface area contributed by atoms with E-state index in [0.29, 0.717) is 0 Å². The second kappa shape index (κ2) is 6.92. The largest absolute Gasteiger partial charge is 0.478 e. The van der Waals surface area contributed by atoms with Gasteiger partial charge in [-0.2, -0.15) is 0 Å². The Morgan fingerprint density at radius 1 is 1.29 bits per heavy atom. The molecule has 2 N–H and O–H groups in total. The second-order valence-electron chi connectivity index (χ2n) is 5.28. The number of hydrogen-bond donors (Lipinski definition) is 2. The number of hydrogen-bond acceptors (Lipinski definition) is 4. The Kier molecular flexibility index (Phi) is 5.52. The molecular formula is C14H18FNO5. The van der Waals surface area contributed by atoms with Crippen molar-refractivity contribution in [2.75, 3.05) is 6.54 Å². The maximum absolute atomic E-state index is 12.7. The first-order valence-corrected chi connectivity index (χ1v) is 6.29. The Balaban J connectivity index is 2.56. The van der Waals surface area contributed by atoms with E-state index >= 15 is 0 Å². The third-order valence-corrected chi connectivity index (χ3v) is 2.20. The van der Waals surface area contributed by atoms with E-state index in [1.54, 1.807) is 20.8 Å². The van der Waals surface area contributed by atoms with Crippen LogP contribution in [0.5, 0.6) is 5.75 Å². The molecule has 21 heavy (non-hydrogen) atoms. The van der Waals surface area contributed by atoms with Crippen LogP contribution < -0.4 is 10.1 Å². The van der Waals surface area contributed by atoms with E-state index in [1.165, 1.54) is 12.1 Å². The van der Waals surface area contributed by atoms with Gasteiger partial charge in [0.25, 0.3) is 0 Å². The third-order valence-electron chi connectivity index (χ3n) is 2.20. The normalized spacial score (nSPS) is 12.4. The molecular weight excluding hydrogens is 281 g/mol. The summed E-state index contributed by atoms with van der Waals surface area (Å²) < 4.78 is 22.9. The van der Waals surface area contributed by atoms with E-state index in [9.17, 15) is 14.0 Å². The van der Waals surface area contributed by atoms with Gasteiger partial charge in [-0.15, -0.1) is 0 Å². The quantitative estimate of drug-likeness (QED) is 0.870. The fourth-order valence-corrected chi connectivity index (χ4v) is 1.35. The summed E-state index contributed by atoms with van der Waals surface area (Å²) >= 11 is 0. The molecule has 1 unspecified atom stereocenters. The maximum atomic E-state index is 12.7. The molecule has 7 heteroatoms. The highest BCUT2D eigenvalue weighted by Gasteiger charge is 2.22. The fourth-order valence-electron chi connectivity index (χ4n) is 1.35. The number of benzene rings is 1. The molecule has 1 aromatic rings. The zero-order valence-electron chi connectivity index (χ0n) is 12.1. The molecule has 0 aliphatic heterocycles. The molecule has 116 valence electrons. The SMILES string of the molecule is CC(C)(C)OC(=O)NCC(Oc1ccc(F)cc1)C(=O)O. The van der Waals surface area contributed by atoms with Gasteiger partial charge in [0.15, 0.2) is 0 Å². The lowest BCUT2D eigenvalue weighted by Crippen LogP contribution is -2.42. The molecule has 0 aliphatic rings. The first kappa shape index (κ1) is 16.7. The molecule has 1 atom stereocenters. The van der Waals surface area contributed by atoms with Gasteiger partial charge in [-0.1, -0.05) is 0 Å². The Hall–Kier alpha value is -2.31. The van der Waals surface area contributed by atoms with Crippen LogP contribution in [0.2, 0.25) is 0 Å². The number of carboxylic acid groups (broad SMARTS) is 1. The summed E-state index contributed by atoms with van der Waals surface area (Å²) in [6, 6.07) is 4.91. The molecule has 0 aromatic heterocycles. The van der Waals surface area contributed by atoms with Gasteiger partial charge >= 0.3 is 12.1 Å². The predicted molar refractivity (Wildman–Crippen MR) is 72.7 cm³/mol. The van der Waals surface area contributed by atoms with Crippen LogP contribution in [0.25, 0.3) is 0 Å². The van der Waals surface area contributed by atoms with Gasteiger partial charge in [-0.3, -0.25) is 0 Å². The second-order valence-corrected chi connectivity index (χ2v) is 5.28. The number of aliphatic carboxylic acids is 1. The standard InChI is InChI=1S/C14H18FNO5/c1-14(2,3)21-13(19)16-8-11(12(17)18)20-10-6-4-9(15)5-7-10/h4-7,11H,8H2,1-3H3,(H,16,19)(H,17,18). The van der Waals surface area contributed by atoms with Crippen molar-refractivity contribution in [1.29, 1.82) is 0 Å². The minimum Gasteiger partial charge on any atom is -0.478 e.